The van der Waals surface area contributed by atoms with Gasteiger partial charge in [-0.2, -0.15) is 0 Å². The maximum atomic E-state index is 13.1. The molecule has 0 saturated carbocycles. The number of hydrogen-bond acceptors (Lipinski definition) is 3. The predicted molar refractivity (Wildman–Crippen MR) is 70.7 cm³/mol. The monoisotopic (exact) mass is 322 g/mol. The average Bonchev–Trinajstić information content (AvgIpc) is 2.81. The number of fused-ring (bicyclic) bond motifs is 1. The minimum atomic E-state index is -0.435. The summed E-state index contributed by atoms with van der Waals surface area (Å²) in [4.78, 5) is 14.5. The number of hydrogen-bond donors (Lipinski definition) is 0. The SMILES string of the molecule is O=[N+]([O-])c1ccc(-c2nc3cc(F)ccc3[se]2)cc1. The van der Waals surface area contributed by atoms with Crippen LogP contribution >= 0.6 is 0 Å². The molecule has 0 unspecified atom stereocenters. The van der Waals surface area contributed by atoms with Crippen molar-refractivity contribution in [2.24, 2.45) is 0 Å². The van der Waals surface area contributed by atoms with E-state index in [4.69, 9.17) is 0 Å². The molecular weight excluding hydrogens is 314 g/mol. The van der Waals surface area contributed by atoms with Gasteiger partial charge in [-0.1, -0.05) is 0 Å². The van der Waals surface area contributed by atoms with E-state index in [0.717, 1.165) is 14.4 Å². The third-order valence-electron chi connectivity index (χ3n) is 2.67. The molecule has 0 atom stereocenters. The molecule has 1 aromatic heterocycles. The summed E-state index contributed by atoms with van der Waals surface area (Å²) in [5.41, 5.74) is 1.56. The molecule has 4 nitrogen and oxygen atoms in total. The molecule has 1 heterocycles. The molecule has 3 rings (SSSR count). The summed E-state index contributed by atoms with van der Waals surface area (Å²) >= 11 is 0.0131. The number of benzene rings is 2. The van der Waals surface area contributed by atoms with Crippen LogP contribution in [-0.4, -0.2) is 24.4 Å². The van der Waals surface area contributed by atoms with E-state index in [1.165, 1.54) is 24.3 Å². The zero-order chi connectivity index (χ0) is 13.4. The topological polar surface area (TPSA) is 56.0 Å². The Labute approximate surface area is 113 Å². The van der Waals surface area contributed by atoms with Gasteiger partial charge < -0.3 is 0 Å². The predicted octanol–water partition coefficient (Wildman–Crippen LogP) is 3.01. The Hall–Kier alpha value is -2.04. The zero-order valence-corrected chi connectivity index (χ0v) is 11.3. The van der Waals surface area contributed by atoms with Gasteiger partial charge in [-0.25, -0.2) is 0 Å². The van der Waals surface area contributed by atoms with E-state index in [1.807, 2.05) is 0 Å². The van der Waals surface area contributed by atoms with Gasteiger partial charge in [0.2, 0.25) is 0 Å². The summed E-state index contributed by atoms with van der Waals surface area (Å²) in [6, 6.07) is 10.9. The Balaban J connectivity index is 2.06. The fraction of sp³-hybridized carbons (Fsp3) is 0. The van der Waals surface area contributed by atoms with Gasteiger partial charge in [0.05, 0.1) is 0 Å². The first-order valence-electron chi connectivity index (χ1n) is 5.44. The van der Waals surface area contributed by atoms with Crippen molar-refractivity contribution in [3.63, 3.8) is 0 Å². The number of halogens is 1. The first-order chi connectivity index (χ1) is 9.13. The van der Waals surface area contributed by atoms with Crippen LogP contribution in [-0.2, 0) is 0 Å². The molecule has 0 spiro atoms. The van der Waals surface area contributed by atoms with E-state index in [0.29, 0.717) is 5.52 Å². The van der Waals surface area contributed by atoms with Crippen LogP contribution in [0.3, 0.4) is 0 Å². The van der Waals surface area contributed by atoms with Crippen LogP contribution in [0, 0.1) is 15.9 Å². The Kier molecular flexibility index (Phi) is 2.89. The Bertz CT molecular complexity index is 768. The van der Waals surface area contributed by atoms with Crippen molar-refractivity contribution in [1.29, 1.82) is 0 Å². The van der Waals surface area contributed by atoms with Crippen LogP contribution in [0.2, 0.25) is 0 Å². The molecule has 2 aromatic carbocycles. The van der Waals surface area contributed by atoms with Crippen molar-refractivity contribution < 1.29 is 9.31 Å². The van der Waals surface area contributed by atoms with E-state index in [2.05, 4.69) is 4.98 Å². The van der Waals surface area contributed by atoms with Crippen LogP contribution in [0.1, 0.15) is 0 Å². The molecule has 0 amide bonds. The van der Waals surface area contributed by atoms with Gasteiger partial charge in [-0.05, 0) is 0 Å². The third-order valence-corrected chi connectivity index (χ3v) is 4.95. The Morgan fingerprint density at radius 1 is 1.16 bits per heavy atom. The molecule has 0 bridgehead atoms. The van der Waals surface area contributed by atoms with Crippen LogP contribution in [0.25, 0.3) is 19.9 Å². The molecule has 0 aliphatic carbocycles. The normalized spacial score (nSPS) is 10.8. The van der Waals surface area contributed by atoms with Gasteiger partial charge in [0.1, 0.15) is 0 Å². The van der Waals surface area contributed by atoms with Crippen LogP contribution < -0.4 is 0 Å². The second-order valence-electron chi connectivity index (χ2n) is 3.94. The summed E-state index contributed by atoms with van der Waals surface area (Å²) < 4.78 is 15.0. The quantitative estimate of drug-likeness (QED) is 0.414. The molecule has 3 aromatic rings. The summed E-state index contributed by atoms with van der Waals surface area (Å²) in [6.07, 6.45) is 0. The Morgan fingerprint density at radius 3 is 2.58 bits per heavy atom. The fourth-order valence-corrected chi connectivity index (χ4v) is 3.75. The molecule has 0 fully saturated rings. The molecule has 0 aliphatic rings. The number of nitrogens with zero attached hydrogens (tertiary/aromatic N) is 2. The second-order valence-corrected chi connectivity index (χ2v) is 6.10. The van der Waals surface area contributed by atoms with Crippen molar-refractivity contribution in [1.82, 2.24) is 4.98 Å². The van der Waals surface area contributed by atoms with Crippen molar-refractivity contribution >= 4 is 30.0 Å². The average molecular weight is 321 g/mol. The molecular formula is C13H7FN2O2Se. The number of nitro groups is 1. The first-order valence-corrected chi connectivity index (χ1v) is 7.16. The maximum absolute atomic E-state index is 13.1. The van der Waals surface area contributed by atoms with Crippen molar-refractivity contribution in [2.45, 2.75) is 0 Å². The van der Waals surface area contributed by atoms with E-state index in [9.17, 15) is 14.5 Å². The molecule has 0 saturated heterocycles. The third kappa shape index (κ3) is 2.28. The van der Waals surface area contributed by atoms with Crippen LogP contribution in [0.5, 0.6) is 0 Å². The number of nitro benzene ring substituents is 1. The summed E-state index contributed by atoms with van der Waals surface area (Å²) in [7, 11) is 0. The van der Waals surface area contributed by atoms with Crippen LogP contribution in [0.4, 0.5) is 10.1 Å². The Morgan fingerprint density at radius 2 is 1.89 bits per heavy atom. The minimum absolute atomic E-state index is 0.0131. The van der Waals surface area contributed by atoms with Crippen molar-refractivity contribution in [3.05, 3.63) is 58.4 Å². The standard InChI is InChI=1S/C13H7FN2O2Se/c14-9-3-6-12-11(7-9)15-13(19-12)8-1-4-10(5-2-8)16(17)18/h1-7H. The molecule has 0 radical (unpaired) electrons. The summed E-state index contributed by atoms with van der Waals surface area (Å²) in [6.45, 7) is 0. The van der Waals surface area contributed by atoms with Gasteiger partial charge >= 0.3 is 113 Å². The number of aromatic nitrogens is 1. The molecule has 19 heavy (non-hydrogen) atoms. The van der Waals surface area contributed by atoms with E-state index in [1.54, 1.807) is 18.2 Å². The van der Waals surface area contributed by atoms with Gasteiger partial charge in [0.15, 0.2) is 0 Å². The molecule has 0 aliphatic heterocycles. The molecule has 94 valence electrons. The summed E-state index contributed by atoms with van der Waals surface area (Å²) in [5.74, 6) is -0.303. The number of non-ortho nitro benzene ring substituents is 1. The van der Waals surface area contributed by atoms with Crippen molar-refractivity contribution in [2.75, 3.05) is 0 Å². The van der Waals surface area contributed by atoms with E-state index < -0.39 is 4.92 Å². The number of rotatable bonds is 2. The molecule has 0 N–H and O–H groups in total. The first kappa shape index (κ1) is 12.0. The van der Waals surface area contributed by atoms with E-state index in [-0.39, 0.29) is 26.0 Å². The van der Waals surface area contributed by atoms with E-state index >= 15 is 0 Å². The second kappa shape index (κ2) is 4.57. The van der Waals surface area contributed by atoms with Crippen molar-refractivity contribution in [3.8, 4) is 10.1 Å². The van der Waals surface area contributed by atoms with Gasteiger partial charge in [0, 0.05) is 0 Å². The van der Waals surface area contributed by atoms with Gasteiger partial charge in [0.25, 0.3) is 0 Å². The molecule has 6 heteroatoms. The van der Waals surface area contributed by atoms with Crippen LogP contribution in [0.15, 0.2) is 42.5 Å². The van der Waals surface area contributed by atoms with Gasteiger partial charge in [-0.15, -0.1) is 0 Å². The zero-order valence-electron chi connectivity index (χ0n) is 9.54. The summed E-state index contributed by atoms with van der Waals surface area (Å²) in [5, 5.41) is 10.6. The van der Waals surface area contributed by atoms with Gasteiger partial charge in [-0.3, -0.25) is 0 Å². The fourth-order valence-electron chi connectivity index (χ4n) is 1.75.